The molecule has 0 aliphatic heterocycles. The highest BCUT2D eigenvalue weighted by Gasteiger charge is 2.29. The second-order valence-electron chi connectivity index (χ2n) is 5.03. The van der Waals surface area contributed by atoms with Crippen molar-refractivity contribution < 1.29 is 23.1 Å². The Kier molecular flexibility index (Phi) is 5.79. The number of hydrogen-bond acceptors (Lipinski definition) is 3. The molecule has 2 rings (SSSR count). The van der Waals surface area contributed by atoms with Crippen molar-refractivity contribution in [2.45, 2.75) is 25.1 Å². The third-order valence-electron chi connectivity index (χ3n) is 3.29. The van der Waals surface area contributed by atoms with Crippen molar-refractivity contribution >= 4 is 17.2 Å². The summed E-state index contributed by atoms with van der Waals surface area (Å²) in [6.07, 6.45) is -4.60. The lowest BCUT2D eigenvalue weighted by molar-refractivity contribution is -0.137. The van der Waals surface area contributed by atoms with Crippen LogP contribution in [0.2, 0.25) is 0 Å². The minimum atomic E-state index is -4.35. The van der Waals surface area contributed by atoms with Gasteiger partial charge in [0.05, 0.1) is 5.56 Å². The highest BCUT2D eigenvalue weighted by Crippen LogP contribution is 2.29. The molecular formula is C16H16F3NO2S. The number of carbonyl (C=O) groups is 1. The first-order valence-electron chi connectivity index (χ1n) is 7.00. The molecule has 0 fully saturated rings. The zero-order valence-electron chi connectivity index (χ0n) is 12.1. The van der Waals surface area contributed by atoms with E-state index in [1.54, 1.807) is 6.07 Å². The van der Waals surface area contributed by atoms with E-state index in [0.29, 0.717) is 12.0 Å². The van der Waals surface area contributed by atoms with Gasteiger partial charge in [-0.25, -0.2) is 0 Å². The Morgan fingerprint density at radius 1 is 1.22 bits per heavy atom. The number of thiophene rings is 1. The molecule has 1 amide bonds. The molecule has 3 nitrogen and oxygen atoms in total. The van der Waals surface area contributed by atoms with Crippen LogP contribution in [0.4, 0.5) is 13.2 Å². The van der Waals surface area contributed by atoms with E-state index in [4.69, 9.17) is 0 Å². The summed E-state index contributed by atoms with van der Waals surface area (Å²) in [5, 5.41) is 14.3. The number of nitrogens with one attached hydrogen (secondary N) is 1. The molecule has 0 spiro atoms. The highest BCUT2D eigenvalue weighted by atomic mass is 32.1. The van der Waals surface area contributed by atoms with Gasteiger partial charge in [-0.15, -0.1) is 11.3 Å². The van der Waals surface area contributed by atoms with Crippen LogP contribution in [0.25, 0.3) is 0 Å². The fraction of sp³-hybridized carbons (Fsp3) is 0.312. The van der Waals surface area contributed by atoms with E-state index in [1.807, 2.05) is 11.4 Å². The topological polar surface area (TPSA) is 49.3 Å². The smallest absolute Gasteiger partial charge is 0.386 e. The second-order valence-corrected chi connectivity index (χ2v) is 6.01. The highest BCUT2D eigenvalue weighted by molar-refractivity contribution is 7.10. The molecule has 0 saturated heterocycles. The molecule has 1 unspecified atom stereocenters. The molecule has 0 radical (unpaired) electrons. The van der Waals surface area contributed by atoms with Gasteiger partial charge in [-0.3, -0.25) is 4.79 Å². The molecule has 0 aliphatic carbocycles. The van der Waals surface area contributed by atoms with Gasteiger partial charge in [0.1, 0.15) is 6.10 Å². The molecule has 124 valence electrons. The van der Waals surface area contributed by atoms with Crippen molar-refractivity contribution in [2.75, 3.05) is 6.54 Å². The number of aliphatic hydroxyl groups is 1. The molecule has 1 heterocycles. The van der Waals surface area contributed by atoms with Crippen LogP contribution < -0.4 is 5.32 Å². The summed E-state index contributed by atoms with van der Waals surface area (Å²) in [6, 6.07) is 8.36. The van der Waals surface area contributed by atoms with Gasteiger partial charge in [-0.1, -0.05) is 18.2 Å². The van der Waals surface area contributed by atoms with Gasteiger partial charge in [0, 0.05) is 17.8 Å². The Morgan fingerprint density at radius 3 is 2.48 bits per heavy atom. The number of rotatable bonds is 6. The molecule has 0 bridgehead atoms. The van der Waals surface area contributed by atoms with Crippen LogP contribution in [0.1, 0.15) is 28.5 Å². The average Bonchev–Trinajstić information content (AvgIpc) is 3.04. The van der Waals surface area contributed by atoms with E-state index in [1.165, 1.54) is 23.5 Å². The third kappa shape index (κ3) is 5.37. The van der Waals surface area contributed by atoms with E-state index >= 15 is 0 Å². The van der Waals surface area contributed by atoms with Crippen LogP contribution in [0, 0.1) is 0 Å². The number of carbonyl (C=O) groups excluding carboxylic acids is 1. The largest absolute Gasteiger partial charge is 0.416 e. The lowest BCUT2D eigenvalue weighted by Gasteiger charge is -2.10. The molecule has 2 N–H and O–H groups in total. The van der Waals surface area contributed by atoms with E-state index in [0.717, 1.165) is 17.0 Å². The van der Waals surface area contributed by atoms with Crippen LogP contribution >= 0.6 is 11.3 Å². The summed E-state index contributed by atoms with van der Waals surface area (Å²) in [5.41, 5.74) is -0.0447. The summed E-state index contributed by atoms with van der Waals surface area (Å²) in [4.78, 5) is 12.5. The Morgan fingerprint density at radius 2 is 1.91 bits per heavy atom. The predicted octanol–water partition coefficient (Wildman–Crippen LogP) is 3.55. The Labute approximate surface area is 135 Å². The maximum Gasteiger partial charge on any atom is 0.416 e. The second kappa shape index (κ2) is 7.61. The van der Waals surface area contributed by atoms with Crippen LogP contribution in [0.3, 0.4) is 0 Å². The molecule has 23 heavy (non-hydrogen) atoms. The van der Waals surface area contributed by atoms with Gasteiger partial charge in [-0.2, -0.15) is 13.2 Å². The van der Waals surface area contributed by atoms with Crippen molar-refractivity contribution in [2.24, 2.45) is 0 Å². The summed E-state index contributed by atoms with van der Waals surface area (Å²) in [7, 11) is 0. The minimum Gasteiger partial charge on any atom is -0.386 e. The molecular weight excluding hydrogens is 327 g/mol. The predicted molar refractivity (Wildman–Crippen MR) is 82.1 cm³/mol. The first-order valence-corrected chi connectivity index (χ1v) is 7.88. The standard InChI is InChI=1S/C16H16F3NO2S/c17-16(18,19)12-6-3-11(4-7-12)5-8-15(22)20-10-13(21)14-2-1-9-23-14/h1-4,6-7,9,13,21H,5,8,10H2,(H,20,22). The molecule has 1 aromatic carbocycles. The molecule has 0 saturated carbocycles. The number of amides is 1. The summed E-state index contributed by atoms with van der Waals surface area (Å²) in [5.74, 6) is -0.250. The fourth-order valence-corrected chi connectivity index (χ4v) is 2.71. The lowest BCUT2D eigenvalue weighted by Crippen LogP contribution is -2.28. The lowest BCUT2D eigenvalue weighted by atomic mass is 10.1. The van der Waals surface area contributed by atoms with E-state index in [-0.39, 0.29) is 18.9 Å². The zero-order chi connectivity index (χ0) is 16.9. The summed E-state index contributed by atoms with van der Waals surface area (Å²) >= 11 is 1.40. The SMILES string of the molecule is O=C(CCc1ccc(C(F)(F)F)cc1)NCC(O)c1cccs1. The van der Waals surface area contributed by atoms with Crippen molar-refractivity contribution in [1.29, 1.82) is 0 Å². The van der Waals surface area contributed by atoms with Gasteiger partial charge in [0.25, 0.3) is 0 Å². The first kappa shape index (κ1) is 17.5. The van der Waals surface area contributed by atoms with Crippen LogP contribution in [-0.4, -0.2) is 17.6 Å². The van der Waals surface area contributed by atoms with E-state index in [2.05, 4.69) is 5.32 Å². The summed E-state index contributed by atoms with van der Waals surface area (Å²) < 4.78 is 37.3. The first-order chi connectivity index (χ1) is 10.9. The number of aliphatic hydroxyl groups excluding tert-OH is 1. The van der Waals surface area contributed by atoms with Gasteiger partial charge >= 0.3 is 6.18 Å². The summed E-state index contributed by atoms with van der Waals surface area (Å²) in [6.45, 7) is 0.117. The quantitative estimate of drug-likeness (QED) is 0.843. The normalized spacial score (nSPS) is 12.9. The Bertz CT molecular complexity index is 624. The number of alkyl halides is 3. The monoisotopic (exact) mass is 343 g/mol. The van der Waals surface area contributed by atoms with Crippen LogP contribution in [0.5, 0.6) is 0 Å². The minimum absolute atomic E-state index is 0.117. The van der Waals surface area contributed by atoms with Crippen LogP contribution in [-0.2, 0) is 17.4 Å². The van der Waals surface area contributed by atoms with E-state index in [9.17, 15) is 23.1 Å². The van der Waals surface area contributed by atoms with Crippen molar-refractivity contribution in [3.05, 3.63) is 57.8 Å². The van der Waals surface area contributed by atoms with Gasteiger partial charge in [0.15, 0.2) is 0 Å². The van der Waals surface area contributed by atoms with E-state index < -0.39 is 17.8 Å². The molecule has 2 aromatic rings. The zero-order valence-corrected chi connectivity index (χ0v) is 13.0. The van der Waals surface area contributed by atoms with Crippen molar-refractivity contribution in [3.63, 3.8) is 0 Å². The Hall–Kier alpha value is -1.86. The average molecular weight is 343 g/mol. The number of hydrogen-bond donors (Lipinski definition) is 2. The molecule has 1 aromatic heterocycles. The number of aryl methyl sites for hydroxylation is 1. The molecule has 1 atom stereocenters. The maximum absolute atomic E-state index is 12.4. The maximum atomic E-state index is 12.4. The molecule has 0 aliphatic rings. The van der Waals surface area contributed by atoms with Crippen molar-refractivity contribution in [1.82, 2.24) is 5.32 Å². The van der Waals surface area contributed by atoms with Gasteiger partial charge < -0.3 is 10.4 Å². The fourth-order valence-electron chi connectivity index (χ4n) is 2.00. The van der Waals surface area contributed by atoms with Gasteiger partial charge in [-0.05, 0) is 35.6 Å². The van der Waals surface area contributed by atoms with Gasteiger partial charge in [0.2, 0.25) is 5.91 Å². The Balaban J connectivity index is 1.76. The number of halogens is 3. The van der Waals surface area contributed by atoms with Crippen molar-refractivity contribution in [3.8, 4) is 0 Å². The third-order valence-corrected chi connectivity index (χ3v) is 4.26. The van der Waals surface area contributed by atoms with Crippen LogP contribution in [0.15, 0.2) is 41.8 Å². The number of benzene rings is 1. The molecule has 7 heteroatoms.